The summed E-state index contributed by atoms with van der Waals surface area (Å²) in [5.74, 6) is 2.39. The molecular weight excluding hydrogens is 204 g/mol. The summed E-state index contributed by atoms with van der Waals surface area (Å²) in [4.78, 5) is 12.2. The molecule has 3 heteroatoms. The maximum atomic E-state index is 12.2. The maximum absolute atomic E-state index is 12.2. The fourth-order valence-corrected chi connectivity index (χ4v) is 4.63. The average Bonchev–Trinajstić information content (AvgIpc) is 2.24. The number of methoxy groups -OCH3 is 1. The van der Waals surface area contributed by atoms with Gasteiger partial charge in [0.25, 0.3) is 0 Å². The quantitative estimate of drug-likeness (QED) is 0.545. The van der Waals surface area contributed by atoms with Crippen LogP contribution in [0.2, 0.25) is 0 Å². The van der Waals surface area contributed by atoms with Crippen molar-refractivity contribution >= 4 is 5.97 Å². The molecule has 3 nitrogen and oxygen atoms in total. The van der Waals surface area contributed by atoms with Crippen molar-refractivity contribution < 1.29 is 14.3 Å². The first kappa shape index (κ1) is 10.6. The molecule has 4 rings (SSSR count). The van der Waals surface area contributed by atoms with Crippen molar-refractivity contribution in [3.8, 4) is 0 Å². The van der Waals surface area contributed by atoms with E-state index >= 15 is 0 Å². The Labute approximate surface area is 96.5 Å². The summed E-state index contributed by atoms with van der Waals surface area (Å²) in [7, 11) is 1.56. The molecule has 0 spiro atoms. The van der Waals surface area contributed by atoms with Gasteiger partial charge in [-0.25, -0.2) is 0 Å². The van der Waals surface area contributed by atoms with Gasteiger partial charge in [-0.15, -0.1) is 0 Å². The zero-order valence-corrected chi connectivity index (χ0v) is 9.91. The topological polar surface area (TPSA) is 35.5 Å². The van der Waals surface area contributed by atoms with Gasteiger partial charge in [-0.1, -0.05) is 0 Å². The summed E-state index contributed by atoms with van der Waals surface area (Å²) in [5, 5.41) is 0. The van der Waals surface area contributed by atoms with Gasteiger partial charge < -0.3 is 9.47 Å². The van der Waals surface area contributed by atoms with Crippen LogP contribution in [-0.4, -0.2) is 19.9 Å². The molecule has 0 aromatic carbocycles. The maximum Gasteiger partial charge on any atom is 0.314 e. The van der Waals surface area contributed by atoms with E-state index in [2.05, 4.69) is 0 Å². The minimum absolute atomic E-state index is 0.00782. The monoisotopic (exact) mass is 224 g/mol. The lowest BCUT2D eigenvalue weighted by Crippen LogP contribution is -2.50. The molecule has 0 aliphatic heterocycles. The molecule has 0 saturated heterocycles. The van der Waals surface area contributed by atoms with Gasteiger partial charge in [0.2, 0.25) is 0 Å². The number of esters is 1. The first-order chi connectivity index (χ1) is 7.72. The smallest absolute Gasteiger partial charge is 0.314 e. The highest BCUT2D eigenvalue weighted by atomic mass is 16.7. The van der Waals surface area contributed by atoms with Crippen LogP contribution < -0.4 is 0 Å². The number of ether oxygens (including phenoxy) is 2. The van der Waals surface area contributed by atoms with Gasteiger partial charge in [0.15, 0.2) is 6.79 Å². The summed E-state index contributed by atoms with van der Waals surface area (Å²) < 4.78 is 10.0. The standard InChI is InChI=1S/C13H20O3/c1-15-8-16-12(14)13-5-9-2-10(6-13)4-11(3-9)7-13/h9-11H,2-8H2,1H3. The Balaban J connectivity index is 1.75. The number of hydrogen-bond donors (Lipinski definition) is 0. The molecule has 4 aliphatic carbocycles. The van der Waals surface area contributed by atoms with Gasteiger partial charge in [0, 0.05) is 7.11 Å². The lowest BCUT2D eigenvalue weighted by molar-refractivity contribution is -0.181. The Morgan fingerprint density at radius 2 is 1.62 bits per heavy atom. The van der Waals surface area contributed by atoms with Gasteiger partial charge in [-0.2, -0.15) is 0 Å². The lowest BCUT2D eigenvalue weighted by atomic mass is 9.49. The zero-order chi connectivity index (χ0) is 11.2. The average molecular weight is 224 g/mol. The lowest BCUT2D eigenvalue weighted by Gasteiger charge is -2.55. The van der Waals surface area contributed by atoms with Crippen LogP contribution in [0, 0.1) is 23.2 Å². The molecular formula is C13H20O3. The van der Waals surface area contributed by atoms with Crippen molar-refractivity contribution in [2.45, 2.75) is 38.5 Å². The van der Waals surface area contributed by atoms with Crippen molar-refractivity contribution in [2.75, 3.05) is 13.9 Å². The van der Waals surface area contributed by atoms with E-state index in [1.54, 1.807) is 7.11 Å². The zero-order valence-electron chi connectivity index (χ0n) is 9.91. The molecule has 16 heavy (non-hydrogen) atoms. The molecule has 0 atom stereocenters. The molecule has 0 heterocycles. The Morgan fingerprint density at radius 3 is 2.06 bits per heavy atom. The predicted molar refractivity (Wildman–Crippen MR) is 58.6 cm³/mol. The molecule has 0 N–H and O–H groups in total. The summed E-state index contributed by atoms with van der Waals surface area (Å²) in [6.07, 6.45) is 7.29. The minimum atomic E-state index is -0.132. The molecule has 90 valence electrons. The summed E-state index contributed by atoms with van der Waals surface area (Å²) in [6, 6.07) is 0. The third kappa shape index (κ3) is 1.56. The molecule has 0 unspecified atom stereocenters. The van der Waals surface area contributed by atoms with E-state index < -0.39 is 0 Å². The molecule has 0 radical (unpaired) electrons. The first-order valence-electron chi connectivity index (χ1n) is 6.38. The third-order valence-corrected chi connectivity index (χ3v) is 4.78. The second-order valence-corrected chi connectivity index (χ2v) is 6.04. The van der Waals surface area contributed by atoms with E-state index in [0.29, 0.717) is 0 Å². The van der Waals surface area contributed by atoms with E-state index in [1.807, 2.05) is 0 Å². The normalized spacial score (nSPS) is 44.7. The Kier molecular flexibility index (Phi) is 2.46. The molecule has 4 aliphatic rings. The SMILES string of the molecule is COCOC(=O)C12CC3CC(CC(C3)C1)C2. The van der Waals surface area contributed by atoms with E-state index in [9.17, 15) is 4.79 Å². The number of carbonyl (C=O) groups is 1. The van der Waals surface area contributed by atoms with Crippen molar-refractivity contribution in [1.29, 1.82) is 0 Å². The predicted octanol–water partition coefficient (Wildman–Crippen LogP) is 2.35. The first-order valence-corrected chi connectivity index (χ1v) is 6.38. The highest BCUT2D eigenvalue weighted by molar-refractivity contribution is 5.77. The van der Waals surface area contributed by atoms with Gasteiger partial charge in [-0.05, 0) is 56.3 Å². The van der Waals surface area contributed by atoms with Gasteiger partial charge in [0.1, 0.15) is 0 Å². The van der Waals surface area contributed by atoms with Crippen LogP contribution in [0.25, 0.3) is 0 Å². The highest BCUT2D eigenvalue weighted by Gasteiger charge is 2.55. The van der Waals surface area contributed by atoms with Crippen LogP contribution in [0.1, 0.15) is 38.5 Å². The molecule has 4 fully saturated rings. The minimum Gasteiger partial charge on any atom is -0.438 e. The summed E-state index contributed by atoms with van der Waals surface area (Å²) in [6.45, 7) is 0.112. The number of hydrogen-bond acceptors (Lipinski definition) is 3. The van der Waals surface area contributed by atoms with Crippen LogP contribution >= 0.6 is 0 Å². The molecule has 0 aromatic heterocycles. The fourth-order valence-electron chi connectivity index (χ4n) is 4.63. The van der Waals surface area contributed by atoms with Crippen molar-refractivity contribution in [2.24, 2.45) is 23.2 Å². The van der Waals surface area contributed by atoms with E-state index in [-0.39, 0.29) is 18.2 Å². The van der Waals surface area contributed by atoms with E-state index in [0.717, 1.165) is 37.0 Å². The van der Waals surface area contributed by atoms with Crippen molar-refractivity contribution in [1.82, 2.24) is 0 Å². The van der Waals surface area contributed by atoms with E-state index in [1.165, 1.54) is 19.3 Å². The van der Waals surface area contributed by atoms with Crippen molar-refractivity contribution in [3.63, 3.8) is 0 Å². The summed E-state index contributed by atoms with van der Waals surface area (Å²) >= 11 is 0. The van der Waals surface area contributed by atoms with Gasteiger partial charge in [0.05, 0.1) is 5.41 Å². The molecule has 0 amide bonds. The number of rotatable bonds is 3. The third-order valence-electron chi connectivity index (χ3n) is 4.78. The van der Waals surface area contributed by atoms with E-state index in [4.69, 9.17) is 9.47 Å². The van der Waals surface area contributed by atoms with Crippen LogP contribution in [-0.2, 0) is 14.3 Å². The van der Waals surface area contributed by atoms with Gasteiger partial charge in [-0.3, -0.25) is 4.79 Å². The largest absolute Gasteiger partial charge is 0.438 e. The van der Waals surface area contributed by atoms with Crippen LogP contribution in [0.4, 0.5) is 0 Å². The molecule has 4 saturated carbocycles. The van der Waals surface area contributed by atoms with Crippen molar-refractivity contribution in [3.05, 3.63) is 0 Å². The van der Waals surface area contributed by atoms with Crippen LogP contribution in [0.3, 0.4) is 0 Å². The molecule has 4 bridgehead atoms. The highest BCUT2D eigenvalue weighted by Crippen LogP contribution is 2.60. The number of carbonyl (C=O) groups excluding carboxylic acids is 1. The van der Waals surface area contributed by atoms with Crippen LogP contribution in [0.5, 0.6) is 0 Å². The molecule has 0 aromatic rings. The Hall–Kier alpha value is -0.570. The fraction of sp³-hybridized carbons (Fsp3) is 0.923. The Morgan fingerprint density at radius 1 is 1.12 bits per heavy atom. The Bertz CT molecular complexity index is 262. The summed E-state index contributed by atoms with van der Waals surface area (Å²) in [5.41, 5.74) is -0.132. The van der Waals surface area contributed by atoms with Gasteiger partial charge >= 0.3 is 5.97 Å². The second kappa shape index (κ2) is 3.73. The second-order valence-electron chi connectivity index (χ2n) is 6.04. The van der Waals surface area contributed by atoms with Crippen LogP contribution in [0.15, 0.2) is 0 Å².